The largest absolute Gasteiger partial charge is 0.489 e. The van der Waals surface area contributed by atoms with Crippen molar-refractivity contribution in [3.63, 3.8) is 0 Å². The Morgan fingerprint density at radius 2 is 2.06 bits per heavy atom. The second kappa shape index (κ2) is 7.63. The van der Waals surface area contributed by atoms with Gasteiger partial charge in [-0.05, 0) is 25.5 Å². The minimum absolute atomic E-state index is 0.574. The number of aryl methyl sites for hydroxylation is 1. The van der Waals surface area contributed by atoms with Crippen LogP contribution in [-0.4, -0.2) is 24.8 Å². The smallest absolute Gasteiger partial charge is 0.141 e. The van der Waals surface area contributed by atoms with Crippen molar-refractivity contribution >= 4 is 15.9 Å². The Hall–Kier alpha value is -0.610. The Bertz CT molecular complexity index is 318. The number of halogens is 1. The van der Waals surface area contributed by atoms with Crippen LogP contribution >= 0.6 is 15.9 Å². The molecule has 0 fully saturated rings. The van der Waals surface area contributed by atoms with Crippen LogP contribution in [0.4, 0.5) is 0 Å². The van der Waals surface area contributed by atoms with Crippen molar-refractivity contribution in [1.82, 2.24) is 4.98 Å². The fourth-order valence-electron chi connectivity index (χ4n) is 1.28. The monoisotopic (exact) mass is 287 g/mol. The fourth-order valence-corrected chi connectivity index (χ4v) is 1.68. The SMILES string of the molecule is CCCOCCOc1ccc(C)nc1CBr. The molecule has 0 amide bonds. The summed E-state index contributed by atoms with van der Waals surface area (Å²) in [7, 11) is 0. The van der Waals surface area contributed by atoms with Gasteiger partial charge in [0.25, 0.3) is 0 Å². The van der Waals surface area contributed by atoms with Gasteiger partial charge in [0.1, 0.15) is 12.4 Å². The summed E-state index contributed by atoms with van der Waals surface area (Å²) in [6.45, 7) is 6.06. The van der Waals surface area contributed by atoms with E-state index in [4.69, 9.17) is 9.47 Å². The average Bonchev–Trinajstić information content (AvgIpc) is 2.30. The van der Waals surface area contributed by atoms with Crippen LogP contribution < -0.4 is 4.74 Å². The summed E-state index contributed by atoms with van der Waals surface area (Å²) in [5, 5.41) is 0.708. The highest BCUT2D eigenvalue weighted by atomic mass is 79.9. The fraction of sp³-hybridized carbons (Fsp3) is 0.583. The van der Waals surface area contributed by atoms with Gasteiger partial charge in [-0.2, -0.15) is 0 Å². The zero-order valence-electron chi connectivity index (χ0n) is 9.83. The first-order valence-electron chi connectivity index (χ1n) is 5.51. The van der Waals surface area contributed by atoms with Crippen LogP contribution in [0, 0.1) is 6.92 Å². The van der Waals surface area contributed by atoms with E-state index in [0.717, 1.165) is 30.2 Å². The van der Waals surface area contributed by atoms with E-state index in [1.165, 1.54) is 0 Å². The summed E-state index contributed by atoms with van der Waals surface area (Å²) in [5.41, 5.74) is 1.94. The summed E-state index contributed by atoms with van der Waals surface area (Å²) in [5.74, 6) is 0.836. The first kappa shape index (κ1) is 13.5. The molecule has 0 radical (unpaired) electrons. The minimum Gasteiger partial charge on any atom is -0.489 e. The molecule has 0 saturated carbocycles. The first-order chi connectivity index (χ1) is 7.77. The molecule has 90 valence electrons. The molecule has 3 nitrogen and oxygen atoms in total. The third kappa shape index (κ3) is 4.49. The van der Waals surface area contributed by atoms with Crippen molar-refractivity contribution in [2.24, 2.45) is 0 Å². The normalized spacial score (nSPS) is 10.4. The molecule has 0 aliphatic rings. The zero-order valence-corrected chi connectivity index (χ0v) is 11.4. The summed E-state index contributed by atoms with van der Waals surface area (Å²) in [6, 6.07) is 3.91. The Labute approximate surface area is 105 Å². The Kier molecular flexibility index (Phi) is 6.42. The van der Waals surface area contributed by atoms with Gasteiger partial charge < -0.3 is 9.47 Å². The maximum absolute atomic E-state index is 5.61. The number of ether oxygens (including phenoxy) is 2. The molecule has 0 saturated heterocycles. The van der Waals surface area contributed by atoms with Crippen LogP contribution in [0.25, 0.3) is 0 Å². The van der Waals surface area contributed by atoms with Crippen molar-refractivity contribution in [3.05, 3.63) is 23.5 Å². The summed E-state index contributed by atoms with van der Waals surface area (Å²) >= 11 is 3.40. The van der Waals surface area contributed by atoms with Gasteiger partial charge in [-0.25, -0.2) is 0 Å². The summed E-state index contributed by atoms with van der Waals surface area (Å²) < 4.78 is 11.0. The number of rotatable bonds is 7. The molecule has 0 spiro atoms. The van der Waals surface area contributed by atoms with Crippen molar-refractivity contribution in [3.8, 4) is 5.75 Å². The van der Waals surface area contributed by atoms with Crippen molar-refractivity contribution in [2.45, 2.75) is 25.6 Å². The van der Waals surface area contributed by atoms with E-state index < -0.39 is 0 Å². The molecule has 1 rings (SSSR count). The van der Waals surface area contributed by atoms with E-state index in [1.807, 2.05) is 19.1 Å². The lowest BCUT2D eigenvalue weighted by atomic mass is 10.3. The lowest BCUT2D eigenvalue weighted by Crippen LogP contribution is -2.08. The van der Waals surface area contributed by atoms with Crippen molar-refractivity contribution in [1.29, 1.82) is 0 Å². The first-order valence-corrected chi connectivity index (χ1v) is 6.63. The van der Waals surface area contributed by atoms with Gasteiger partial charge in [0.15, 0.2) is 0 Å². The lowest BCUT2D eigenvalue weighted by molar-refractivity contribution is 0.100. The third-order valence-corrected chi connectivity index (χ3v) is 2.56. The highest BCUT2D eigenvalue weighted by Crippen LogP contribution is 2.19. The van der Waals surface area contributed by atoms with E-state index in [2.05, 4.69) is 27.8 Å². The van der Waals surface area contributed by atoms with Crippen molar-refractivity contribution < 1.29 is 9.47 Å². The quantitative estimate of drug-likeness (QED) is 0.570. The predicted molar refractivity (Wildman–Crippen MR) is 68.2 cm³/mol. The van der Waals surface area contributed by atoms with Gasteiger partial charge in [-0.1, -0.05) is 22.9 Å². The molecule has 1 aromatic heterocycles. The van der Waals surface area contributed by atoms with Crippen molar-refractivity contribution in [2.75, 3.05) is 19.8 Å². The van der Waals surface area contributed by atoms with E-state index in [-0.39, 0.29) is 0 Å². The third-order valence-electron chi connectivity index (χ3n) is 2.03. The highest BCUT2D eigenvalue weighted by Gasteiger charge is 2.04. The van der Waals surface area contributed by atoms with Gasteiger partial charge in [0, 0.05) is 17.6 Å². The molecule has 0 aliphatic carbocycles. The zero-order chi connectivity index (χ0) is 11.8. The van der Waals surface area contributed by atoms with Crippen LogP contribution in [0.2, 0.25) is 0 Å². The molecule has 0 unspecified atom stereocenters. The minimum atomic E-state index is 0.574. The van der Waals surface area contributed by atoms with Crippen LogP contribution in [0.1, 0.15) is 24.7 Å². The average molecular weight is 288 g/mol. The van der Waals surface area contributed by atoms with Gasteiger partial charge in [0.2, 0.25) is 0 Å². The number of nitrogens with zero attached hydrogens (tertiary/aromatic N) is 1. The maximum Gasteiger partial charge on any atom is 0.141 e. The molecule has 1 aromatic rings. The molecule has 0 bridgehead atoms. The van der Waals surface area contributed by atoms with Gasteiger partial charge in [-0.3, -0.25) is 4.98 Å². The van der Waals surface area contributed by atoms with E-state index in [9.17, 15) is 0 Å². The molecule has 0 aliphatic heterocycles. The Balaban J connectivity index is 2.41. The molecular weight excluding hydrogens is 270 g/mol. The number of alkyl halides is 1. The van der Waals surface area contributed by atoms with E-state index in [1.54, 1.807) is 0 Å². The molecule has 0 N–H and O–H groups in total. The second-order valence-electron chi connectivity index (χ2n) is 3.49. The van der Waals surface area contributed by atoms with E-state index >= 15 is 0 Å². The van der Waals surface area contributed by atoms with Crippen LogP contribution in [0.15, 0.2) is 12.1 Å². The number of hydrogen-bond acceptors (Lipinski definition) is 3. The second-order valence-corrected chi connectivity index (χ2v) is 4.05. The maximum atomic E-state index is 5.61. The molecule has 0 aromatic carbocycles. The molecule has 0 atom stereocenters. The predicted octanol–water partition coefficient (Wildman–Crippen LogP) is 3.09. The summed E-state index contributed by atoms with van der Waals surface area (Å²) in [4.78, 5) is 4.39. The number of hydrogen-bond donors (Lipinski definition) is 0. The van der Waals surface area contributed by atoms with Gasteiger partial charge in [0.05, 0.1) is 12.3 Å². The molecule has 16 heavy (non-hydrogen) atoms. The van der Waals surface area contributed by atoms with Gasteiger partial charge >= 0.3 is 0 Å². The van der Waals surface area contributed by atoms with Crippen LogP contribution in [0.5, 0.6) is 5.75 Å². The number of aromatic nitrogens is 1. The Morgan fingerprint density at radius 3 is 2.75 bits per heavy atom. The highest BCUT2D eigenvalue weighted by molar-refractivity contribution is 9.08. The van der Waals surface area contributed by atoms with Gasteiger partial charge in [-0.15, -0.1) is 0 Å². The molecule has 1 heterocycles. The summed E-state index contributed by atoms with van der Waals surface area (Å²) in [6.07, 6.45) is 1.04. The topological polar surface area (TPSA) is 31.4 Å². The van der Waals surface area contributed by atoms with Crippen LogP contribution in [0.3, 0.4) is 0 Å². The van der Waals surface area contributed by atoms with E-state index in [0.29, 0.717) is 18.5 Å². The van der Waals surface area contributed by atoms with Crippen LogP contribution in [-0.2, 0) is 10.1 Å². The number of pyridine rings is 1. The molecular formula is C12H18BrNO2. The molecule has 4 heteroatoms. The lowest BCUT2D eigenvalue weighted by Gasteiger charge is -2.10. The standard InChI is InChI=1S/C12H18BrNO2/c1-3-6-15-7-8-16-12-5-4-10(2)14-11(12)9-13/h4-5H,3,6-9H2,1-2H3. The Morgan fingerprint density at radius 1 is 1.25 bits per heavy atom.